The largest absolute Gasteiger partial charge is 0.356 e. The minimum atomic E-state index is 0.283. The first-order valence-electron chi connectivity index (χ1n) is 8.67. The van der Waals surface area contributed by atoms with Crippen LogP contribution < -0.4 is 10.2 Å². The van der Waals surface area contributed by atoms with Gasteiger partial charge >= 0.3 is 0 Å². The van der Waals surface area contributed by atoms with Crippen molar-refractivity contribution >= 4 is 28.1 Å². The van der Waals surface area contributed by atoms with E-state index in [9.17, 15) is 0 Å². The van der Waals surface area contributed by atoms with E-state index in [1.54, 1.807) is 23.9 Å². The van der Waals surface area contributed by atoms with Gasteiger partial charge in [0.25, 0.3) is 0 Å². The minimum Gasteiger partial charge on any atom is -0.356 e. The summed E-state index contributed by atoms with van der Waals surface area (Å²) in [6.45, 7) is 5.86. The Morgan fingerprint density at radius 2 is 2.23 bits per heavy atom. The molecule has 134 valence electrons. The van der Waals surface area contributed by atoms with Crippen molar-refractivity contribution in [1.29, 1.82) is 0 Å². The quantitative estimate of drug-likeness (QED) is 0.735. The number of nitrogens with zero attached hydrogens (tertiary/aromatic N) is 7. The van der Waals surface area contributed by atoms with Crippen LogP contribution in [0.5, 0.6) is 0 Å². The van der Waals surface area contributed by atoms with Crippen molar-refractivity contribution in [2.24, 2.45) is 0 Å². The normalized spacial score (nSPS) is 16.8. The van der Waals surface area contributed by atoms with Gasteiger partial charge in [-0.2, -0.15) is 0 Å². The Labute approximate surface area is 155 Å². The Balaban J connectivity index is 1.51. The second-order valence-electron chi connectivity index (χ2n) is 6.23. The Kier molecular flexibility index (Phi) is 4.70. The van der Waals surface area contributed by atoms with Crippen LogP contribution in [0.25, 0.3) is 0 Å². The van der Waals surface area contributed by atoms with Gasteiger partial charge in [-0.15, -0.1) is 10.2 Å². The van der Waals surface area contributed by atoms with E-state index in [-0.39, 0.29) is 5.92 Å². The molecule has 4 heterocycles. The van der Waals surface area contributed by atoms with Crippen LogP contribution in [0.2, 0.25) is 0 Å². The lowest BCUT2D eigenvalue weighted by Gasteiger charge is -2.17. The standard InChI is InChI=1S/C17H20N8S/c1-3-15-23-24-17(26-15)22-13-8-11(2)20-16(21-13)12-5-7-25(9-12)14-4-6-18-10-19-14/h4,6,8,10,12H,3,5,7,9H2,1-2H3,(H,20,21,22,24). The lowest BCUT2D eigenvalue weighted by Crippen LogP contribution is -2.21. The number of nitrogens with one attached hydrogen (secondary N) is 1. The zero-order valence-corrected chi connectivity index (χ0v) is 15.6. The Hall–Kier alpha value is -2.68. The third kappa shape index (κ3) is 3.62. The highest BCUT2D eigenvalue weighted by Gasteiger charge is 2.27. The monoisotopic (exact) mass is 368 g/mol. The number of rotatable bonds is 5. The van der Waals surface area contributed by atoms with E-state index >= 15 is 0 Å². The summed E-state index contributed by atoms with van der Waals surface area (Å²) < 4.78 is 0. The fourth-order valence-corrected chi connectivity index (χ4v) is 3.73. The smallest absolute Gasteiger partial charge is 0.211 e. The van der Waals surface area contributed by atoms with Crippen molar-refractivity contribution in [3.63, 3.8) is 0 Å². The third-order valence-corrected chi connectivity index (χ3v) is 5.30. The lowest BCUT2D eigenvalue weighted by molar-refractivity contribution is 0.705. The van der Waals surface area contributed by atoms with Crippen molar-refractivity contribution in [3.8, 4) is 0 Å². The van der Waals surface area contributed by atoms with E-state index in [1.165, 1.54) is 0 Å². The fraction of sp³-hybridized carbons (Fsp3) is 0.412. The summed E-state index contributed by atoms with van der Waals surface area (Å²) in [6, 6.07) is 3.88. The molecule has 1 N–H and O–H groups in total. The van der Waals surface area contributed by atoms with Gasteiger partial charge in [0.1, 0.15) is 28.8 Å². The Morgan fingerprint density at radius 3 is 3.00 bits per heavy atom. The van der Waals surface area contributed by atoms with E-state index in [4.69, 9.17) is 4.98 Å². The van der Waals surface area contributed by atoms with Gasteiger partial charge in [0.05, 0.1) is 0 Å². The topological polar surface area (TPSA) is 92.6 Å². The van der Waals surface area contributed by atoms with E-state index < -0.39 is 0 Å². The number of aromatic nitrogens is 6. The highest BCUT2D eigenvalue weighted by molar-refractivity contribution is 7.15. The molecule has 1 unspecified atom stereocenters. The molecule has 8 nitrogen and oxygen atoms in total. The maximum atomic E-state index is 4.73. The molecule has 26 heavy (non-hydrogen) atoms. The van der Waals surface area contributed by atoms with Crippen LogP contribution in [0.1, 0.15) is 35.8 Å². The van der Waals surface area contributed by atoms with Crippen LogP contribution in [0.4, 0.5) is 16.8 Å². The zero-order valence-electron chi connectivity index (χ0n) is 14.8. The Bertz CT molecular complexity index is 881. The summed E-state index contributed by atoms with van der Waals surface area (Å²) in [4.78, 5) is 20.0. The van der Waals surface area contributed by atoms with Gasteiger partial charge in [-0.1, -0.05) is 18.3 Å². The average molecular weight is 368 g/mol. The van der Waals surface area contributed by atoms with Crippen LogP contribution in [0.3, 0.4) is 0 Å². The highest BCUT2D eigenvalue weighted by atomic mass is 32.1. The predicted molar refractivity (Wildman–Crippen MR) is 101 cm³/mol. The second kappa shape index (κ2) is 7.28. The molecule has 3 aromatic heterocycles. The zero-order chi connectivity index (χ0) is 17.9. The fourth-order valence-electron chi connectivity index (χ4n) is 3.04. The highest BCUT2D eigenvalue weighted by Crippen LogP contribution is 2.29. The maximum Gasteiger partial charge on any atom is 0.211 e. The van der Waals surface area contributed by atoms with Crippen LogP contribution in [0.15, 0.2) is 24.7 Å². The lowest BCUT2D eigenvalue weighted by atomic mass is 10.1. The predicted octanol–water partition coefficient (Wildman–Crippen LogP) is 2.73. The van der Waals surface area contributed by atoms with E-state index in [1.807, 2.05) is 19.1 Å². The van der Waals surface area contributed by atoms with Gasteiger partial charge in [0.2, 0.25) is 5.13 Å². The SMILES string of the molecule is CCc1nnc(Nc2cc(C)nc(C3CCN(c4ccncn4)C3)n2)s1. The number of hydrogen-bond donors (Lipinski definition) is 1. The Morgan fingerprint density at radius 1 is 1.31 bits per heavy atom. The molecule has 1 atom stereocenters. The van der Waals surface area contributed by atoms with Crippen LogP contribution in [-0.2, 0) is 6.42 Å². The maximum absolute atomic E-state index is 4.73. The molecule has 0 saturated carbocycles. The molecule has 1 aliphatic rings. The van der Waals surface area contributed by atoms with Crippen molar-refractivity contribution in [2.45, 2.75) is 32.6 Å². The van der Waals surface area contributed by atoms with E-state index in [0.29, 0.717) is 0 Å². The second-order valence-corrected chi connectivity index (χ2v) is 7.29. The molecule has 3 aromatic rings. The molecular formula is C17H20N8S. The first kappa shape index (κ1) is 16.8. The minimum absolute atomic E-state index is 0.283. The molecule has 1 saturated heterocycles. The van der Waals surface area contributed by atoms with Gasteiger partial charge in [0, 0.05) is 37.0 Å². The van der Waals surface area contributed by atoms with Crippen molar-refractivity contribution in [3.05, 3.63) is 41.2 Å². The molecule has 0 aromatic carbocycles. The van der Waals surface area contributed by atoms with Gasteiger partial charge in [-0.05, 0) is 25.8 Å². The number of anilines is 3. The summed E-state index contributed by atoms with van der Waals surface area (Å²) >= 11 is 1.55. The summed E-state index contributed by atoms with van der Waals surface area (Å²) in [5, 5.41) is 13.3. The van der Waals surface area contributed by atoms with Crippen molar-refractivity contribution in [1.82, 2.24) is 30.1 Å². The van der Waals surface area contributed by atoms with Crippen LogP contribution in [0, 0.1) is 6.92 Å². The van der Waals surface area contributed by atoms with Gasteiger partial charge in [0.15, 0.2) is 0 Å². The first-order valence-corrected chi connectivity index (χ1v) is 9.49. The molecule has 4 rings (SSSR count). The average Bonchev–Trinajstić information content (AvgIpc) is 3.31. The van der Waals surface area contributed by atoms with E-state index in [0.717, 1.165) is 59.2 Å². The number of aryl methyl sites for hydroxylation is 2. The molecule has 0 radical (unpaired) electrons. The van der Waals surface area contributed by atoms with Crippen molar-refractivity contribution < 1.29 is 0 Å². The number of hydrogen-bond acceptors (Lipinski definition) is 9. The molecule has 0 spiro atoms. The molecule has 9 heteroatoms. The third-order valence-electron chi connectivity index (χ3n) is 4.32. The molecule has 1 fully saturated rings. The summed E-state index contributed by atoms with van der Waals surface area (Å²) in [7, 11) is 0. The van der Waals surface area contributed by atoms with Crippen LogP contribution in [-0.4, -0.2) is 43.2 Å². The molecular weight excluding hydrogens is 348 g/mol. The van der Waals surface area contributed by atoms with Gasteiger partial charge in [-0.25, -0.2) is 19.9 Å². The summed E-state index contributed by atoms with van der Waals surface area (Å²) in [6.07, 6.45) is 5.24. The van der Waals surface area contributed by atoms with Gasteiger partial charge < -0.3 is 10.2 Å². The molecule has 0 amide bonds. The summed E-state index contributed by atoms with van der Waals surface area (Å²) in [5.74, 6) is 2.87. The first-order chi connectivity index (χ1) is 12.7. The molecule has 0 bridgehead atoms. The van der Waals surface area contributed by atoms with Crippen molar-refractivity contribution in [2.75, 3.05) is 23.3 Å². The van der Waals surface area contributed by atoms with Crippen LogP contribution >= 0.6 is 11.3 Å². The van der Waals surface area contributed by atoms with Gasteiger partial charge in [-0.3, -0.25) is 0 Å². The van der Waals surface area contributed by atoms with E-state index in [2.05, 4.69) is 42.3 Å². The summed E-state index contributed by atoms with van der Waals surface area (Å²) in [5.41, 5.74) is 0.943. The molecule has 1 aliphatic heterocycles. The molecule has 0 aliphatic carbocycles.